The van der Waals surface area contributed by atoms with Crippen LogP contribution in [0, 0.1) is 0 Å². The molecule has 0 bridgehead atoms. The molecule has 0 unspecified atom stereocenters. The number of benzene rings is 2. The molecule has 22 heavy (non-hydrogen) atoms. The molecule has 0 radical (unpaired) electrons. The van der Waals surface area contributed by atoms with Crippen LogP contribution in [0.2, 0.25) is 0 Å². The zero-order valence-corrected chi connectivity index (χ0v) is 13.5. The fraction of sp³-hybridized carbons (Fsp3) is 0.368. The number of nitrogens with zero attached hydrogens (tertiary/aromatic N) is 2. The van der Waals surface area contributed by atoms with Crippen molar-refractivity contribution in [2.45, 2.75) is 6.42 Å². The van der Waals surface area contributed by atoms with Gasteiger partial charge in [0.15, 0.2) is 0 Å². The molecule has 0 saturated carbocycles. The van der Waals surface area contributed by atoms with E-state index in [1.165, 1.54) is 22.5 Å². The summed E-state index contributed by atoms with van der Waals surface area (Å²) in [5.41, 5.74) is 5.26. The highest BCUT2D eigenvalue weighted by Crippen LogP contribution is 2.20. The van der Waals surface area contributed by atoms with Crippen molar-refractivity contribution in [2.24, 2.45) is 0 Å². The van der Waals surface area contributed by atoms with Crippen molar-refractivity contribution in [1.82, 2.24) is 0 Å². The standard InChI is InChI=1S/C19H24N2O/c1-20(2)19-5-3-4-17(15-19)14-16-6-8-18(9-7-16)21-10-12-22-13-11-21/h3-9,15H,10-14H2,1-2H3. The van der Waals surface area contributed by atoms with Gasteiger partial charge in [-0.2, -0.15) is 0 Å². The van der Waals surface area contributed by atoms with Crippen LogP contribution in [0.4, 0.5) is 11.4 Å². The number of ether oxygens (including phenoxy) is 1. The average molecular weight is 296 g/mol. The Balaban J connectivity index is 1.69. The third kappa shape index (κ3) is 3.60. The van der Waals surface area contributed by atoms with E-state index in [2.05, 4.69) is 72.4 Å². The van der Waals surface area contributed by atoms with Gasteiger partial charge in [0.2, 0.25) is 0 Å². The second-order valence-corrected chi connectivity index (χ2v) is 6.01. The second kappa shape index (κ2) is 6.84. The zero-order valence-electron chi connectivity index (χ0n) is 13.5. The van der Waals surface area contributed by atoms with E-state index in [4.69, 9.17) is 4.74 Å². The first-order valence-corrected chi connectivity index (χ1v) is 7.90. The molecule has 116 valence electrons. The summed E-state index contributed by atoms with van der Waals surface area (Å²) in [7, 11) is 4.16. The minimum Gasteiger partial charge on any atom is -0.378 e. The van der Waals surface area contributed by atoms with Gasteiger partial charge < -0.3 is 14.5 Å². The normalized spacial score (nSPS) is 14.9. The first-order valence-electron chi connectivity index (χ1n) is 7.90. The summed E-state index contributed by atoms with van der Waals surface area (Å²) in [6.45, 7) is 3.65. The molecular formula is C19H24N2O. The monoisotopic (exact) mass is 296 g/mol. The maximum absolute atomic E-state index is 5.41. The first kappa shape index (κ1) is 14.9. The maximum Gasteiger partial charge on any atom is 0.0642 e. The number of hydrogen-bond acceptors (Lipinski definition) is 3. The van der Waals surface area contributed by atoms with E-state index in [1.54, 1.807) is 0 Å². The largest absolute Gasteiger partial charge is 0.378 e. The molecule has 1 aliphatic heterocycles. The van der Waals surface area contributed by atoms with E-state index in [1.807, 2.05) is 0 Å². The van der Waals surface area contributed by atoms with Gasteiger partial charge in [0.05, 0.1) is 13.2 Å². The van der Waals surface area contributed by atoms with Gasteiger partial charge in [-0.1, -0.05) is 24.3 Å². The molecule has 3 rings (SSSR count). The Labute approximate surface area is 133 Å². The number of hydrogen-bond donors (Lipinski definition) is 0. The Bertz CT molecular complexity index is 601. The summed E-state index contributed by atoms with van der Waals surface area (Å²) in [5.74, 6) is 0. The van der Waals surface area contributed by atoms with Gasteiger partial charge in [0, 0.05) is 38.6 Å². The van der Waals surface area contributed by atoms with Crippen LogP contribution in [0.5, 0.6) is 0 Å². The molecule has 0 aromatic heterocycles. The molecule has 0 atom stereocenters. The molecule has 1 heterocycles. The molecule has 2 aromatic carbocycles. The summed E-state index contributed by atoms with van der Waals surface area (Å²) in [5, 5.41) is 0. The molecule has 1 saturated heterocycles. The first-order chi connectivity index (χ1) is 10.7. The fourth-order valence-electron chi connectivity index (χ4n) is 2.83. The van der Waals surface area contributed by atoms with E-state index in [0.717, 1.165) is 32.7 Å². The van der Waals surface area contributed by atoms with Gasteiger partial charge in [0.25, 0.3) is 0 Å². The van der Waals surface area contributed by atoms with E-state index in [0.29, 0.717) is 0 Å². The van der Waals surface area contributed by atoms with Crippen LogP contribution in [-0.4, -0.2) is 40.4 Å². The lowest BCUT2D eigenvalue weighted by atomic mass is 10.0. The van der Waals surface area contributed by atoms with Gasteiger partial charge in [-0.25, -0.2) is 0 Å². The van der Waals surface area contributed by atoms with Crippen molar-refractivity contribution in [3.63, 3.8) is 0 Å². The third-order valence-electron chi connectivity index (χ3n) is 4.15. The van der Waals surface area contributed by atoms with Crippen LogP contribution in [-0.2, 0) is 11.2 Å². The molecule has 2 aromatic rings. The van der Waals surface area contributed by atoms with E-state index < -0.39 is 0 Å². The SMILES string of the molecule is CN(C)c1cccc(Cc2ccc(N3CCOCC3)cc2)c1. The van der Waals surface area contributed by atoms with Gasteiger partial charge >= 0.3 is 0 Å². The van der Waals surface area contributed by atoms with Gasteiger partial charge in [-0.15, -0.1) is 0 Å². The minimum absolute atomic E-state index is 0.832. The van der Waals surface area contributed by atoms with Crippen LogP contribution in [0.25, 0.3) is 0 Å². The van der Waals surface area contributed by atoms with Crippen LogP contribution in [0.15, 0.2) is 48.5 Å². The highest BCUT2D eigenvalue weighted by molar-refractivity contribution is 5.50. The van der Waals surface area contributed by atoms with Gasteiger partial charge in [0.1, 0.15) is 0 Å². The average Bonchev–Trinajstić information content (AvgIpc) is 2.56. The lowest BCUT2D eigenvalue weighted by Gasteiger charge is -2.28. The third-order valence-corrected chi connectivity index (χ3v) is 4.15. The Hall–Kier alpha value is -2.00. The van der Waals surface area contributed by atoms with E-state index in [9.17, 15) is 0 Å². The molecule has 1 aliphatic rings. The molecule has 0 aliphatic carbocycles. The van der Waals surface area contributed by atoms with Crippen molar-refractivity contribution >= 4 is 11.4 Å². The molecule has 0 amide bonds. The Morgan fingerprint density at radius 1 is 0.955 bits per heavy atom. The van der Waals surface area contributed by atoms with Crippen molar-refractivity contribution in [3.8, 4) is 0 Å². The Kier molecular flexibility index (Phi) is 4.64. The molecule has 3 heteroatoms. The highest BCUT2D eigenvalue weighted by atomic mass is 16.5. The van der Waals surface area contributed by atoms with Crippen LogP contribution in [0.3, 0.4) is 0 Å². The summed E-state index contributed by atoms with van der Waals surface area (Å²) >= 11 is 0. The number of anilines is 2. The molecule has 1 fully saturated rings. The van der Waals surface area contributed by atoms with Gasteiger partial charge in [-0.05, 0) is 41.8 Å². The number of rotatable bonds is 4. The maximum atomic E-state index is 5.41. The second-order valence-electron chi connectivity index (χ2n) is 6.01. The van der Waals surface area contributed by atoms with E-state index >= 15 is 0 Å². The molecule has 0 N–H and O–H groups in total. The molecule has 0 spiro atoms. The van der Waals surface area contributed by atoms with Crippen molar-refractivity contribution in [3.05, 3.63) is 59.7 Å². The number of morpholine rings is 1. The fourth-order valence-corrected chi connectivity index (χ4v) is 2.83. The molecule has 3 nitrogen and oxygen atoms in total. The predicted octanol–water partition coefficient (Wildman–Crippen LogP) is 3.18. The Morgan fingerprint density at radius 3 is 2.36 bits per heavy atom. The summed E-state index contributed by atoms with van der Waals surface area (Å²) < 4.78 is 5.41. The van der Waals surface area contributed by atoms with Crippen molar-refractivity contribution in [2.75, 3.05) is 50.2 Å². The quantitative estimate of drug-likeness (QED) is 0.862. The highest BCUT2D eigenvalue weighted by Gasteiger charge is 2.10. The summed E-state index contributed by atoms with van der Waals surface area (Å²) in [4.78, 5) is 4.53. The zero-order chi connectivity index (χ0) is 15.4. The van der Waals surface area contributed by atoms with E-state index in [-0.39, 0.29) is 0 Å². The summed E-state index contributed by atoms with van der Waals surface area (Å²) in [6.07, 6.45) is 0.977. The lowest BCUT2D eigenvalue weighted by molar-refractivity contribution is 0.122. The summed E-state index contributed by atoms with van der Waals surface area (Å²) in [6, 6.07) is 17.7. The van der Waals surface area contributed by atoms with Crippen LogP contribution < -0.4 is 9.80 Å². The van der Waals surface area contributed by atoms with Crippen molar-refractivity contribution < 1.29 is 4.74 Å². The molecular weight excluding hydrogens is 272 g/mol. The van der Waals surface area contributed by atoms with Gasteiger partial charge in [-0.3, -0.25) is 0 Å². The minimum atomic E-state index is 0.832. The lowest BCUT2D eigenvalue weighted by Crippen LogP contribution is -2.36. The van der Waals surface area contributed by atoms with Crippen LogP contribution >= 0.6 is 0 Å². The van der Waals surface area contributed by atoms with Crippen LogP contribution in [0.1, 0.15) is 11.1 Å². The topological polar surface area (TPSA) is 15.7 Å². The predicted molar refractivity (Wildman–Crippen MR) is 93.0 cm³/mol. The Morgan fingerprint density at radius 2 is 1.68 bits per heavy atom. The smallest absolute Gasteiger partial charge is 0.0642 e. The van der Waals surface area contributed by atoms with Crippen molar-refractivity contribution in [1.29, 1.82) is 0 Å².